The minimum absolute atomic E-state index is 0.00843. The largest absolute Gasteiger partial charge is 0.504 e. The molecular weight excluding hydrogens is 476 g/mol. The molecule has 0 bridgehead atoms. The number of nitrogens with zero attached hydrogens (tertiary/aromatic N) is 4. The van der Waals surface area contributed by atoms with Crippen LogP contribution in [-0.4, -0.2) is 35.8 Å². The molecule has 188 valence electrons. The summed E-state index contributed by atoms with van der Waals surface area (Å²) < 4.78 is 5.20. The first kappa shape index (κ1) is 24.6. The fraction of sp³-hybridized carbons (Fsp3) is 0.0968. The van der Waals surface area contributed by atoms with Gasteiger partial charge in [-0.05, 0) is 48.9 Å². The van der Waals surface area contributed by atoms with E-state index in [-0.39, 0.29) is 11.7 Å². The van der Waals surface area contributed by atoms with Gasteiger partial charge < -0.3 is 9.84 Å². The van der Waals surface area contributed by atoms with Gasteiger partial charge in [-0.25, -0.2) is 4.99 Å². The molecular formula is C31H26N4O3. The summed E-state index contributed by atoms with van der Waals surface area (Å²) in [6, 6.07) is 31.6. The Kier molecular flexibility index (Phi) is 7.08. The minimum atomic E-state index is -0.655. The number of aliphatic imine (C=N–C) groups is 2. The Labute approximate surface area is 221 Å². The summed E-state index contributed by atoms with van der Waals surface area (Å²) in [6.45, 7) is 1.85. The van der Waals surface area contributed by atoms with Gasteiger partial charge >= 0.3 is 0 Å². The van der Waals surface area contributed by atoms with Crippen LogP contribution in [0.2, 0.25) is 0 Å². The molecule has 5 rings (SSSR count). The molecule has 7 heteroatoms. The normalized spacial score (nSPS) is 15.7. The van der Waals surface area contributed by atoms with E-state index in [4.69, 9.17) is 9.73 Å². The smallest absolute Gasteiger partial charge is 0.262 e. The number of carbonyl (C=O) groups is 1. The summed E-state index contributed by atoms with van der Waals surface area (Å²) in [6.07, 6.45) is 1.57. The van der Waals surface area contributed by atoms with Gasteiger partial charge in [-0.1, -0.05) is 66.7 Å². The predicted octanol–water partition coefficient (Wildman–Crippen LogP) is 6.31. The third-order valence-corrected chi connectivity index (χ3v) is 6.19. The van der Waals surface area contributed by atoms with Crippen molar-refractivity contribution in [3.8, 4) is 11.5 Å². The van der Waals surface area contributed by atoms with Crippen molar-refractivity contribution < 1.29 is 14.6 Å². The van der Waals surface area contributed by atoms with Crippen LogP contribution >= 0.6 is 0 Å². The molecule has 1 aliphatic heterocycles. The maximum absolute atomic E-state index is 13.7. The Morgan fingerprint density at radius 3 is 2.26 bits per heavy atom. The number of anilines is 1. The van der Waals surface area contributed by atoms with Crippen LogP contribution < -0.4 is 9.75 Å². The molecule has 0 saturated carbocycles. The Balaban J connectivity index is 1.57. The molecule has 7 nitrogen and oxygen atoms in total. The molecule has 1 unspecified atom stereocenters. The number of ether oxygens (including phenoxy) is 1. The van der Waals surface area contributed by atoms with Crippen molar-refractivity contribution in [2.75, 3.05) is 12.1 Å². The second kappa shape index (κ2) is 10.9. The third-order valence-electron chi connectivity index (χ3n) is 6.19. The van der Waals surface area contributed by atoms with Crippen molar-refractivity contribution in [3.63, 3.8) is 0 Å². The monoisotopic (exact) mass is 502 g/mol. The van der Waals surface area contributed by atoms with Crippen LogP contribution in [0.1, 0.15) is 18.1 Å². The van der Waals surface area contributed by atoms with Gasteiger partial charge in [-0.3, -0.25) is 9.79 Å². The summed E-state index contributed by atoms with van der Waals surface area (Å²) in [5.74, 6) is -0.450. The maximum atomic E-state index is 13.7. The number of phenols is 1. The van der Waals surface area contributed by atoms with E-state index in [2.05, 4.69) is 10.1 Å². The lowest BCUT2D eigenvalue weighted by atomic mass is 9.92. The van der Waals surface area contributed by atoms with E-state index >= 15 is 0 Å². The van der Waals surface area contributed by atoms with E-state index in [9.17, 15) is 9.90 Å². The van der Waals surface area contributed by atoms with Crippen molar-refractivity contribution in [1.82, 2.24) is 0 Å². The number of amides is 1. The second-order valence-corrected chi connectivity index (χ2v) is 8.67. The molecule has 1 amide bonds. The standard InChI is InChI=1S/C31H26N4O3/c1-21-28(31(37)35(34-21)24-15-7-4-8-16-24)29(22-12-5-3-6-13-22)33-26-18-10-9-17-25(26)32-20-23-14-11-19-27(38-2)30(23)36/h3-20,28,36H,1-2H3. The van der Waals surface area contributed by atoms with Crippen molar-refractivity contribution in [3.05, 3.63) is 114 Å². The first-order valence-corrected chi connectivity index (χ1v) is 12.1. The predicted molar refractivity (Wildman–Crippen MR) is 152 cm³/mol. The van der Waals surface area contributed by atoms with Crippen molar-refractivity contribution >= 4 is 40.6 Å². The third kappa shape index (κ3) is 4.95. The maximum Gasteiger partial charge on any atom is 0.262 e. The highest BCUT2D eigenvalue weighted by Crippen LogP contribution is 2.33. The number of benzene rings is 4. The summed E-state index contributed by atoms with van der Waals surface area (Å²) in [7, 11) is 1.50. The number of aromatic hydroxyl groups is 1. The van der Waals surface area contributed by atoms with Gasteiger partial charge in [-0.2, -0.15) is 10.1 Å². The molecule has 4 aromatic carbocycles. The van der Waals surface area contributed by atoms with Crippen LogP contribution in [0.5, 0.6) is 11.5 Å². The van der Waals surface area contributed by atoms with Gasteiger partial charge in [0.15, 0.2) is 11.5 Å². The molecule has 4 aromatic rings. The highest BCUT2D eigenvalue weighted by molar-refractivity contribution is 6.32. The Morgan fingerprint density at radius 2 is 1.55 bits per heavy atom. The van der Waals surface area contributed by atoms with Crippen molar-refractivity contribution in [2.45, 2.75) is 6.92 Å². The zero-order chi connectivity index (χ0) is 26.5. The molecule has 1 aliphatic rings. The number of hydrogen-bond donors (Lipinski definition) is 1. The van der Waals surface area contributed by atoms with E-state index in [1.165, 1.54) is 12.1 Å². The van der Waals surface area contributed by atoms with Gasteiger partial charge in [0.1, 0.15) is 5.92 Å². The van der Waals surface area contributed by atoms with Gasteiger partial charge in [-0.15, -0.1) is 0 Å². The average Bonchev–Trinajstić information content (AvgIpc) is 3.26. The molecule has 0 radical (unpaired) electrons. The first-order valence-electron chi connectivity index (χ1n) is 12.1. The summed E-state index contributed by atoms with van der Waals surface area (Å²) in [5.41, 5.74) is 4.45. The SMILES string of the molecule is COc1cccc(C=Nc2ccccc2N=C(c2ccccc2)C2C(=O)N(c3ccccc3)N=C2C)c1O. The van der Waals surface area contributed by atoms with E-state index in [0.717, 1.165) is 5.56 Å². The zero-order valence-corrected chi connectivity index (χ0v) is 21.0. The summed E-state index contributed by atoms with van der Waals surface area (Å²) in [4.78, 5) is 23.3. The number of rotatable bonds is 7. The van der Waals surface area contributed by atoms with Crippen LogP contribution in [0.25, 0.3) is 0 Å². The Hall–Kier alpha value is -5.04. The fourth-order valence-electron chi connectivity index (χ4n) is 4.28. The zero-order valence-electron chi connectivity index (χ0n) is 21.0. The molecule has 0 fully saturated rings. The molecule has 1 atom stereocenters. The van der Waals surface area contributed by atoms with Gasteiger partial charge in [0.2, 0.25) is 0 Å². The molecule has 38 heavy (non-hydrogen) atoms. The van der Waals surface area contributed by atoms with Crippen molar-refractivity contribution in [1.29, 1.82) is 0 Å². The van der Waals surface area contributed by atoms with Gasteiger partial charge in [0.25, 0.3) is 5.91 Å². The van der Waals surface area contributed by atoms with E-state index in [1.807, 2.05) is 91.9 Å². The van der Waals surface area contributed by atoms with Crippen molar-refractivity contribution in [2.24, 2.45) is 21.0 Å². The lowest BCUT2D eigenvalue weighted by Gasteiger charge is -2.17. The number of para-hydroxylation sites is 4. The number of methoxy groups -OCH3 is 1. The number of phenolic OH excluding ortho intramolecular Hbond substituents is 1. The van der Waals surface area contributed by atoms with E-state index in [0.29, 0.717) is 39.8 Å². The fourth-order valence-corrected chi connectivity index (χ4v) is 4.28. The average molecular weight is 503 g/mol. The van der Waals surface area contributed by atoms with Crippen LogP contribution in [0, 0.1) is 5.92 Å². The molecule has 0 aliphatic carbocycles. The van der Waals surface area contributed by atoms with Crippen LogP contribution in [0.3, 0.4) is 0 Å². The molecule has 0 spiro atoms. The lowest BCUT2D eigenvalue weighted by Crippen LogP contribution is -2.33. The highest BCUT2D eigenvalue weighted by Gasteiger charge is 2.38. The quantitative estimate of drug-likeness (QED) is 0.300. The molecule has 1 heterocycles. The number of carbonyl (C=O) groups excluding carboxylic acids is 1. The molecule has 0 aromatic heterocycles. The Morgan fingerprint density at radius 1 is 0.895 bits per heavy atom. The first-order chi connectivity index (χ1) is 18.6. The Bertz CT molecular complexity index is 1550. The lowest BCUT2D eigenvalue weighted by molar-refractivity contribution is -0.118. The highest BCUT2D eigenvalue weighted by atomic mass is 16.5. The molecule has 0 saturated heterocycles. The van der Waals surface area contributed by atoms with Crippen LogP contribution in [0.4, 0.5) is 17.1 Å². The van der Waals surface area contributed by atoms with Gasteiger partial charge in [0.05, 0.1) is 35.6 Å². The number of hydrogen-bond acceptors (Lipinski definition) is 6. The number of hydrazone groups is 1. The van der Waals surface area contributed by atoms with E-state index in [1.54, 1.807) is 24.4 Å². The summed E-state index contributed by atoms with van der Waals surface area (Å²) in [5, 5.41) is 16.5. The van der Waals surface area contributed by atoms with Gasteiger partial charge in [0, 0.05) is 11.8 Å². The minimum Gasteiger partial charge on any atom is -0.504 e. The van der Waals surface area contributed by atoms with Crippen LogP contribution in [-0.2, 0) is 4.79 Å². The topological polar surface area (TPSA) is 86.9 Å². The second-order valence-electron chi connectivity index (χ2n) is 8.67. The van der Waals surface area contributed by atoms with Crippen LogP contribution in [0.15, 0.2) is 118 Å². The van der Waals surface area contributed by atoms with E-state index < -0.39 is 5.92 Å². The molecule has 1 N–H and O–H groups in total. The summed E-state index contributed by atoms with van der Waals surface area (Å²) >= 11 is 0.